The molecule has 3 heterocycles. The van der Waals surface area contributed by atoms with E-state index in [2.05, 4.69) is 46.9 Å². The van der Waals surface area contributed by atoms with Crippen molar-refractivity contribution in [1.29, 1.82) is 0 Å². The minimum absolute atomic E-state index is 0.00263. The number of amides is 3. The molecule has 2 aromatic carbocycles. The second-order valence-electron chi connectivity index (χ2n) is 12.4. The maximum atomic E-state index is 15.0. The quantitative estimate of drug-likeness (QED) is 0.360. The van der Waals surface area contributed by atoms with Crippen LogP contribution in [0.4, 0.5) is 10.1 Å². The van der Waals surface area contributed by atoms with Crippen molar-refractivity contribution in [2.75, 3.05) is 38.0 Å². The highest BCUT2D eigenvalue weighted by Gasteiger charge is 2.65. The Bertz CT molecular complexity index is 1370. The van der Waals surface area contributed by atoms with Gasteiger partial charge in [0.25, 0.3) is 0 Å². The molecule has 0 bridgehead atoms. The standard InChI is InChI=1S/C30H36Cl2FN5O3/c1-29(2,3)15-23-30(19-13-21(33)20(32)14-22(19)36-28(30)41)25(17-6-4-7-18(31)12-17)26(37-23)27(40)35-8-5-10-38-11-9-34-24(39)16-38/h4,6-7,12-14,23,25-26,37H,5,8-11,15-16H2,1-3H3,(H,34,39)(H,35,40)(H,36,41)/t23-,25+,26-,30+/m1/s1. The molecule has 0 aromatic heterocycles. The molecular weight excluding hydrogens is 568 g/mol. The van der Waals surface area contributed by atoms with Gasteiger partial charge in [-0.2, -0.15) is 0 Å². The number of fused-ring (bicyclic) bond motifs is 2. The minimum Gasteiger partial charge on any atom is -0.355 e. The SMILES string of the molecule is CC(C)(C)C[C@H]1N[C@@H](C(=O)NCCCN2CCNC(=O)C2)[C@H](c2cccc(Cl)c2)[C@@]12C(=O)Nc1cc(Cl)c(F)cc12. The first-order valence-electron chi connectivity index (χ1n) is 14.0. The Kier molecular flexibility index (Phi) is 8.36. The number of rotatable bonds is 7. The molecule has 41 heavy (non-hydrogen) atoms. The summed E-state index contributed by atoms with van der Waals surface area (Å²) >= 11 is 12.5. The minimum atomic E-state index is -1.29. The van der Waals surface area contributed by atoms with Crippen LogP contribution in [0.3, 0.4) is 0 Å². The summed E-state index contributed by atoms with van der Waals surface area (Å²) in [5.74, 6) is -1.86. The van der Waals surface area contributed by atoms with E-state index < -0.39 is 29.2 Å². The molecule has 0 saturated carbocycles. The summed E-state index contributed by atoms with van der Waals surface area (Å²) in [5.41, 5.74) is 0.126. The second-order valence-corrected chi connectivity index (χ2v) is 13.2. The monoisotopic (exact) mass is 603 g/mol. The van der Waals surface area contributed by atoms with E-state index in [1.807, 2.05) is 6.07 Å². The highest BCUT2D eigenvalue weighted by Crippen LogP contribution is 2.57. The summed E-state index contributed by atoms with van der Waals surface area (Å²) in [5, 5.41) is 12.7. The maximum absolute atomic E-state index is 15.0. The second kappa shape index (κ2) is 11.5. The zero-order valence-corrected chi connectivity index (χ0v) is 25.0. The zero-order valence-electron chi connectivity index (χ0n) is 23.5. The Morgan fingerprint density at radius 3 is 2.68 bits per heavy atom. The number of nitrogens with zero attached hydrogens (tertiary/aromatic N) is 1. The smallest absolute Gasteiger partial charge is 0.237 e. The molecule has 4 N–H and O–H groups in total. The molecule has 1 spiro atoms. The van der Waals surface area contributed by atoms with Gasteiger partial charge in [0.05, 0.1) is 17.6 Å². The first-order valence-corrected chi connectivity index (χ1v) is 14.7. The number of hydrogen-bond acceptors (Lipinski definition) is 5. The van der Waals surface area contributed by atoms with Crippen molar-refractivity contribution in [3.63, 3.8) is 0 Å². The van der Waals surface area contributed by atoms with Gasteiger partial charge in [0.15, 0.2) is 0 Å². The van der Waals surface area contributed by atoms with Gasteiger partial charge in [-0.3, -0.25) is 19.3 Å². The molecule has 220 valence electrons. The molecular formula is C30H36Cl2FN5O3. The van der Waals surface area contributed by atoms with E-state index in [9.17, 15) is 14.4 Å². The average Bonchev–Trinajstić information content (AvgIpc) is 3.36. The van der Waals surface area contributed by atoms with Crippen molar-refractivity contribution in [1.82, 2.24) is 20.9 Å². The normalized spacial score (nSPS) is 26.1. The lowest BCUT2D eigenvalue weighted by Crippen LogP contribution is -2.49. The van der Waals surface area contributed by atoms with Gasteiger partial charge in [-0.1, -0.05) is 56.1 Å². The highest BCUT2D eigenvalue weighted by molar-refractivity contribution is 6.31. The molecule has 3 aliphatic heterocycles. The maximum Gasteiger partial charge on any atom is 0.237 e. The third kappa shape index (κ3) is 5.82. The molecule has 4 atom stereocenters. The predicted molar refractivity (Wildman–Crippen MR) is 158 cm³/mol. The topological polar surface area (TPSA) is 103 Å². The van der Waals surface area contributed by atoms with Crippen LogP contribution in [0.5, 0.6) is 0 Å². The van der Waals surface area contributed by atoms with Crippen LogP contribution in [0.2, 0.25) is 10.0 Å². The van der Waals surface area contributed by atoms with Crippen molar-refractivity contribution in [3.05, 3.63) is 63.4 Å². The van der Waals surface area contributed by atoms with E-state index in [1.165, 1.54) is 12.1 Å². The summed E-state index contributed by atoms with van der Waals surface area (Å²) < 4.78 is 15.0. The van der Waals surface area contributed by atoms with Crippen molar-refractivity contribution in [2.24, 2.45) is 5.41 Å². The summed E-state index contributed by atoms with van der Waals surface area (Å²) in [7, 11) is 0. The third-order valence-corrected chi connectivity index (χ3v) is 8.78. The van der Waals surface area contributed by atoms with E-state index >= 15 is 4.39 Å². The first-order chi connectivity index (χ1) is 19.4. The van der Waals surface area contributed by atoms with Gasteiger partial charge in [0, 0.05) is 48.8 Å². The van der Waals surface area contributed by atoms with Gasteiger partial charge in [-0.25, -0.2) is 4.39 Å². The van der Waals surface area contributed by atoms with Crippen molar-refractivity contribution >= 4 is 46.6 Å². The molecule has 2 fully saturated rings. The van der Waals surface area contributed by atoms with Gasteiger partial charge in [0.2, 0.25) is 17.7 Å². The zero-order chi connectivity index (χ0) is 29.5. The van der Waals surface area contributed by atoms with Crippen LogP contribution in [0.1, 0.15) is 50.7 Å². The number of piperazine rings is 1. The molecule has 0 radical (unpaired) electrons. The van der Waals surface area contributed by atoms with Gasteiger partial charge < -0.3 is 21.3 Å². The number of hydrogen-bond donors (Lipinski definition) is 4. The van der Waals surface area contributed by atoms with Crippen LogP contribution in [-0.2, 0) is 19.8 Å². The molecule has 0 aliphatic carbocycles. The average molecular weight is 605 g/mol. The Labute approximate surface area is 249 Å². The van der Waals surface area contributed by atoms with Crippen molar-refractivity contribution in [3.8, 4) is 0 Å². The van der Waals surface area contributed by atoms with Crippen LogP contribution in [0.15, 0.2) is 36.4 Å². The number of anilines is 1. The summed E-state index contributed by atoms with van der Waals surface area (Å²) in [6.07, 6.45) is 1.21. The predicted octanol–water partition coefficient (Wildman–Crippen LogP) is 3.82. The van der Waals surface area contributed by atoms with E-state index in [4.69, 9.17) is 23.2 Å². The van der Waals surface area contributed by atoms with Crippen LogP contribution >= 0.6 is 23.2 Å². The molecule has 2 aromatic rings. The number of carbonyl (C=O) groups excluding carboxylic acids is 3. The van der Waals surface area contributed by atoms with Crippen molar-refractivity contribution < 1.29 is 18.8 Å². The fourth-order valence-electron chi connectivity index (χ4n) is 6.64. The van der Waals surface area contributed by atoms with Crippen molar-refractivity contribution in [2.45, 2.75) is 57.0 Å². The van der Waals surface area contributed by atoms with Crippen LogP contribution in [0.25, 0.3) is 0 Å². The van der Waals surface area contributed by atoms with Crippen LogP contribution in [0, 0.1) is 11.2 Å². The van der Waals surface area contributed by atoms with E-state index in [0.29, 0.717) is 60.9 Å². The van der Waals surface area contributed by atoms with Gasteiger partial charge >= 0.3 is 0 Å². The molecule has 0 unspecified atom stereocenters. The largest absolute Gasteiger partial charge is 0.355 e. The van der Waals surface area contributed by atoms with E-state index in [1.54, 1.807) is 18.2 Å². The number of benzene rings is 2. The Hall–Kier alpha value is -2.72. The third-order valence-electron chi connectivity index (χ3n) is 8.26. The lowest BCUT2D eigenvalue weighted by atomic mass is 9.62. The summed E-state index contributed by atoms with van der Waals surface area (Å²) in [6, 6.07) is 8.66. The molecule has 11 heteroatoms. The molecule has 3 amide bonds. The highest BCUT2D eigenvalue weighted by atomic mass is 35.5. The van der Waals surface area contributed by atoms with Gasteiger partial charge in [-0.15, -0.1) is 0 Å². The molecule has 5 rings (SSSR count). The fourth-order valence-corrected chi connectivity index (χ4v) is 7.00. The Balaban J connectivity index is 1.51. The van der Waals surface area contributed by atoms with Gasteiger partial charge in [-0.05, 0) is 53.6 Å². The molecule has 8 nitrogen and oxygen atoms in total. The lowest BCUT2D eigenvalue weighted by molar-refractivity contribution is -0.125. The van der Waals surface area contributed by atoms with Crippen LogP contribution < -0.4 is 21.3 Å². The first kappa shape index (κ1) is 29.8. The number of halogens is 3. The summed E-state index contributed by atoms with van der Waals surface area (Å²) in [4.78, 5) is 41.8. The Morgan fingerprint density at radius 1 is 1.20 bits per heavy atom. The lowest BCUT2D eigenvalue weighted by Gasteiger charge is -2.37. The van der Waals surface area contributed by atoms with E-state index in [-0.39, 0.29) is 28.2 Å². The molecule has 2 saturated heterocycles. The van der Waals surface area contributed by atoms with Crippen LogP contribution in [-0.4, -0.2) is 67.4 Å². The van der Waals surface area contributed by atoms with E-state index in [0.717, 1.165) is 6.54 Å². The fraction of sp³-hybridized carbons (Fsp3) is 0.500. The number of carbonyl (C=O) groups is 3. The summed E-state index contributed by atoms with van der Waals surface area (Å²) in [6.45, 7) is 9.03. The number of nitrogens with one attached hydrogen (secondary N) is 4. The van der Waals surface area contributed by atoms with Gasteiger partial charge in [0.1, 0.15) is 11.2 Å². The molecule has 3 aliphatic rings. The Morgan fingerprint density at radius 2 is 1.98 bits per heavy atom.